The molecular formula is C20H35N3OS2. The summed E-state index contributed by atoms with van der Waals surface area (Å²) in [5.41, 5.74) is 0. The number of nitrogens with zero attached hydrogens (tertiary/aromatic N) is 2. The Morgan fingerprint density at radius 1 is 1.08 bits per heavy atom. The lowest BCUT2D eigenvalue weighted by atomic mass is 9.92. The highest BCUT2D eigenvalue weighted by Crippen LogP contribution is 2.30. The van der Waals surface area contributed by atoms with E-state index in [2.05, 4.69) is 28.7 Å². The number of hydrogen-bond acceptors (Lipinski definition) is 4. The van der Waals surface area contributed by atoms with E-state index < -0.39 is 0 Å². The maximum Gasteiger partial charge on any atom is 0.323 e. The first-order chi connectivity index (χ1) is 12.8. The summed E-state index contributed by atoms with van der Waals surface area (Å²) in [6, 6.07) is 0.839. The molecule has 0 aromatic rings. The Bertz CT molecular complexity index is 456. The van der Waals surface area contributed by atoms with Crippen molar-refractivity contribution in [3.63, 3.8) is 0 Å². The second-order valence-corrected chi connectivity index (χ2v) is 9.75. The van der Waals surface area contributed by atoms with Gasteiger partial charge in [0.05, 0.1) is 0 Å². The third-order valence-corrected chi connectivity index (χ3v) is 7.35. The van der Waals surface area contributed by atoms with E-state index in [1.54, 1.807) is 11.8 Å². The molecule has 0 spiro atoms. The molecule has 1 N–H and O–H groups in total. The number of hydrogen-bond donors (Lipinski definition) is 1. The van der Waals surface area contributed by atoms with Crippen LogP contribution in [-0.2, 0) is 0 Å². The van der Waals surface area contributed by atoms with Crippen LogP contribution in [0.25, 0.3) is 0 Å². The average Bonchev–Trinajstić information content (AvgIpc) is 2.92. The van der Waals surface area contributed by atoms with E-state index in [1.807, 2.05) is 11.8 Å². The van der Waals surface area contributed by atoms with Crippen LogP contribution in [-0.4, -0.2) is 39.0 Å². The van der Waals surface area contributed by atoms with E-state index in [4.69, 9.17) is 0 Å². The van der Waals surface area contributed by atoms with E-state index in [0.717, 1.165) is 36.5 Å². The Kier molecular flexibility index (Phi) is 10.6. The molecule has 4 nitrogen and oxygen atoms in total. The van der Waals surface area contributed by atoms with E-state index in [1.165, 1.54) is 51.1 Å². The lowest BCUT2D eigenvalue weighted by Gasteiger charge is -2.40. The molecule has 0 aromatic carbocycles. The SMILES string of the molecule is C=CN=C(NC(=O)N(C1CCCCCC1)C1CCCCC1)SCSCC. The number of nitrogens with one attached hydrogen (secondary N) is 1. The number of amides is 2. The average molecular weight is 398 g/mol. The Morgan fingerprint density at radius 2 is 1.62 bits per heavy atom. The van der Waals surface area contributed by atoms with Crippen LogP contribution in [0.1, 0.15) is 77.6 Å². The van der Waals surface area contributed by atoms with Crippen molar-refractivity contribution in [1.29, 1.82) is 0 Å². The van der Waals surface area contributed by atoms with Crippen LogP contribution in [0.3, 0.4) is 0 Å². The van der Waals surface area contributed by atoms with Crippen molar-refractivity contribution in [3.05, 3.63) is 12.8 Å². The number of amidine groups is 1. The second kappa shape index (κ2) is 12.7. The van der Waals surface area contributed by atoms with Gasteiger partial charge in [-0.3, -0.25) is 5.32 Å². The molecule has 2 aliphatic carbocycles. The maximum absolute atomic E-state index is 13.3. The van der Waals surface area contributed by atoms with Gasteiger partial charge in [0.15, 0.2) is 5.17 Å². The molecule has 0 heterocycles. The van der Waals surface area contributed by atoms with Crippen molar-refractivity contribution in [2.45, 2.75) is 89.6 Å². The van der Waals surface area contributed by atoms with Crippen molar-refractivity contribution >= 4 is 34.7 Å². The summed E-state index contributed by atoms with van der Waals surface area (Å²) in [7, 11) is 0. The van der Waals surface area contributed by atoms with Crippen LogP contribution in [0, 0.1) is 0 Å². The van der Waals surface area contributed by atoms with E-state index in [9.17, 15) is 4.79 Å². The molecular weight excluding hydrogens is 362 g/mol. The van der Waals surface area contributed by atoms with Crippen molar-refractivity contribution in [2.75, 3.05) is 10.8 Å². The summed E-state index contributed by atoms with van der Waals surface area (Å²) in [5, 5.41) is 4.69. The summed E-state index contributed by atoms with van der Waals surface area (Å²) in [6.45, 7) is 5.84. The van der Waals surface area contributed by atoms with Crippen molar-refractivity contribution < 1.29 is 4.79 Å². The summed E-state index contributed by atoms with van der Waals surface area (Å²) in [5.74, 6) is 1.07. The summed E-state index contributed by atoms with van der Waals surface area (Å²) in [4.78, 5) is 19.8. The predicted molar refractivity (Wildman–Crippen MR) is 117 cm³/mol. The van der Waals surface area contributed by atoms with Crippen LogP contribution in [0.15, 0.2) is 17.8 Å². The largest absolute Gasteiger partial charge is 0.323 e. The molecule has 0 bridgehead atoms. The van der Waals surface area contributed by atoms with Crippen molar-refractivity contribution in [3.8, 4) is 0 Å². The topological polar surface area (TPSA) is 44.7 Å². The van der Waals surface area contributed by atoms with Crippen LogP contribution in [0.5, 0.6) is 0 Å². The van der Waals surface area contributed by atoms with Gasteiger partial charge in [0.2, 0.25) is 0 Å². The Labute approximate surface area is 168 Å². The summed E-state index contributed by atoms with van der Waals surface area (Å²) < 4.78 is 0. The van der Waals surface area contributed by atoms with Crippen LogP contribution >= 0.6 is 23.5 Å². The molecule has 2 rings (SSSR count). The van der Waals surface area contributed by atoms with Gasteiger partial charge in [0.1, 0.15) is 0 Å². The summed E-state index contributed by atoms with van der Waals surface area (Å²) >= 11 is 3.44. The molecule has 0 atom stereocenters. The number of rotatable bonds is 6. The minimum Gasteiger partial charge on any atom is -0.319 e. The highest BCUT2D eigenvalue weighted by molar-refractivity contribution is 8.24. The molecule has 6 heteroatoms. The normalized spacial score (nSPS) is 20.4. The molecule has 0 aliphatic heterocycles. The van der Waals surface area contributed by atoms with Crippen molar-refractivity contribution in [2.24, 2.45) is 4.99 Å². The lowest BCUT2D eigenvalue weighted by molar-refractivity contribution is 0.119. The standard InChI is InChI=1S/C20H35N3OS2/c1-3-21-19(26-16-25-4-2)22-20(24)23(18-14-10-7-11-15-18)17-12-8-5-6-9-13-17/h3,17-18H,1,4-16H2,2H3,(H,21,22,24). The Hall–Kier alpha value is -0.620. The van der Waals surface area contributed by atoms with Gasteiger partial charge >= 0.3 is 6.03 Å². The van der Waals surface area contributed by atoms with Gasteiger partial charge in [0.25, 0.3) is 0 Å². The zero-order chi connectivity index (χ0) is 18.6. The molecule has 2 saturated carbocycles. The highest BCUT2D eigenvalue weighted by atomic mass is 32.2. The van der Waals surface area contributed by atoms with E-state index >= 15 is 0 Å². The third kappa shape index (κ3) is 7.18. The molecule has 2 aliphatic rings. The zero-order valence-corrected chi connectivity index (χ0v) is 17.9. The van der Waals surface area contributed by atoms with E-state index in [0.29, 0.717) is 17.3 Å². The smallest absolute Gasteiger partial charge is 0.319 e. The second-order valence-electron chi connectivity index (χ2n) is 7.15. The minimum absolute atomic E-state index is 0.0541. The van der Waals surface area contributed by atoms with Gasteiger partial charge in [-0.25, -0.2) is 9.79 Å². The first-order valence-electron chi connectivity index (χ1n) is 10.2. The number of urea groups is 1. The fourth-order valence-corrected chi connectivity index (χ4v) is 5.81. The van der Waals surface area contributed by atoms with Gasteiger partial charge in [-0.15, -0.1) is 0 Å². The molecule has 2 amide bonds. The first kappa shape index (κ1) is 21.7. The molecule has 0 saturated heterocycles. The summed E-state index contributed by atoms with van der Waals surface area (Å²) in [6.07, 6.45) is 15.0. The molecule has 2 fully saturated rings. The van der Waals surface area contributed by atoms with Gasteiger partial charge in [-0.05, 0) is 31.4 Å². The molecule has 0 unspecified atom stereocenters. The van der Waals surface area contributed by atoms with Crippen LogP contribution < -0.4 is 5.32 Å². The molecule has 0 aromatic heterocycles. The number of carbonyl (C=O) groups excluding carboxylic acids is 1. The monoisotopic (exact) mass is 397 g/mol. The van der Waals surface area contributed by atoms with Crippen molar-refractivity contribution in [1.82, 2.24) is 10.2 Å². The van der Waals surface area contributed by atoms with Crippen LogP contribution in [0.2, 0.25) is 0 Å². The Morgan fingerprint density at radius 3 is 2.12 bits per heavy atom. The predicted octanol–water partition coefficient (Wildman–Crippen LogP) is 6.00. The fourth-order valence-electron chi connectivity index (χ4n) is 4.05. The number of thioether (sulfide) groups is 2. The quantitative estimate of drug-likeness (QED) is 0.197. The van der Waals surface area contributed by atoms with Gasteiger partial charge in [0, 0.05) is 23.4 Å². The lowest BCUT2D eigenvalue weighted by Crippen LogP contribution is -2.53. The minimum atomic E-state index is 0.0541. The molecule has 148 valence electrons. The molecule has 0 radical (unpaired) electrons. The molecule has 26 heavy (non-hydrogen) atoms. The third-order valence-electron chi connectivity index (χ3n) is 5.33. The zero-order valence-electron chi connectivity index (χ0n) is 16.3. The Balaban J connectivity index is 2.07. The first-order valence-corrected chi connectivity index (χ1v) is 12.4. The van der Waals surface area contributed by atoms with Crippen LogP contribution in [0.4, 0.5) is 4.79 Å². The number of aliphatic imine (C=N–C) groups is 1. The highest BCUT2D eigenvalue weighted by Gasteiger charge is 2.32. The van der Waals surface area contributed by atoms with Gasteiger partial charge < -0.3 is 4.90 Å². The van der Waals surface area contributed by atoms with E-state index in [-0.39, 0.29) is 6.03 Å². The maximum atomic E-state index is 13.3. The van der Waals surface area contributed by atoms with Gasteiger partial charge in [-0.1, -0.05) is 70.2 Å². The fraction of sp³-hybridized carbons (Fsp3) is 0.800. The number of carbonyl (C=O) groups is 1. The van der Waals surface area contributed by atoms with Gasteiger partial charge in [-0.2, -0.15) is 11.8 Å².